The van der Waals surface area contributed by atoms with Gasteiger partial charge < -0.3 is 10.2 Å². The molecular weight excluding hydrogens is 344 g/mol. The van der Waals surface area contributed by atoms with Gasteiger partial charge >= 0.3 is 0 Å². The molecule has 0 radical (unpaired) electrons. The third-order valence-electron chi connectivity index (χ3n) is 6.13. The number of hydrogen-bond acceptors (Lipinski definition) is 2. The lowest BCUT2D eigenvalue weighted by molar-refractivity contribution is -0.121. The van der Waals surface area contributed by atoms with Crippen molar-refractivity contribution in [1.29, 1.82) is 0 Å². The fourth-order valence-electron chi connectivity index (χ4n) is 3.85. The number of benzene rings is 2. The van der Waals surface area contributed by atoms with Gasteiger partial charge in [-0.2, -0.15) is 0 Å². The summed E-state index contributed by atoms with van der Waals surface area (Å²) in [6.45, 7) is 10.9. The van der Waals surface area contributed by atoms with E-state index in [1.165, 1.54) is 35.2 Å². The van der Waals surface area contributed by atoms with Crippen molar-refractivity contribution in [3.8, 4) is 0 Å². The van der Waals surface area contributed by atoms with Crippen molar-refractivity contribution in [2.75, 3.05) is 18.0 Å². The van der Waals surface area contributed by atoms with E-state index in [0.717, 1.165) is 31.0 Å². The molecule has 1 amide bonds. The fourth-order valence-corrected chi connectivity index (χ4v) is 3.85. The fraction of sp³-hybridized carbons (Fsp3) is 0.480. The van der Waals surface area contributed by atoms with Gasteiger partial charge in [-0.1, -0.05) is 37.3 Å². The molecule has 1 saturated heterocycles. The van der Waals surface area contributed by atoms with Gasteiger partial charge in [-0.15, -0.1) is 0 Å². The van der Waals surface area contributed by atoms with Gasteiger partial charge in [0.15, 0.2) is 0 Å². The molecule has 3 nitrogen and oxygen atoms in total. The summed E-state index contributed by atoms with van der Waals surface area (Å²) in [5, 5.41) is 3.14. The Balaban J connectivity index is 1.50. The molecular formula is C25H34N2O. The summed E-state index contributed by atoms with van der Waals surface area (Å²) >= 11 is 0. The zero-order valence-corrected chi connectivity index (χ0v) is 17.8. The van der Waals surface area contributed by atoms with Crippen LogP contribution < -0.4 is 10.2 Å². The maximum Gasteiger partial charge on any atom is 0.220 e. The second-order valence-electron chi connectivity index (χ2n) is 8.47. The van der Waals surface area contributed by atoms with E-state index in [2.05, 4.69) is 80.4 Å². The van der Waals surface area contributed by atoms with Crippen LogP contribution in [-0.2, 0) is 11.2 Å². The SMILES string of the molecule is Cc1ccc(CCC(=O)NC(C)c2ccc(N3CCC(C)CC3)cc2)cc1C. The van der Waals surface area contributed by atoms with Gasteiger partial charge in [-0.3, -0.25) is 4.79 Å². The van der Waals surface area contributed by atoms with Gasteiger partial charge in [-0.25, -0.2) is 0 Å². The summed E-state index contributed by atoms with van der Waals surface area (Å²) in [6.07, 6.45) is 3.85. The first-order valence-electron chi connectivity index (χ1n) is 10.6. The predicted octanol–water partition coefficient (Wildman–Crippen LogP) is 5.35. The summed E-state index contributed by atoms with van der Waals surface area (Å²) < 4.78 is 0. The molecule has 3 heteroatoms. The van der Waals surface area contributed by atoms with Gasteiger partial charge in [0.2, 0.25) is 5.91 Å². The number of anilines is 1. The summed E-state index contributed by atoms with van der Waals surface area (Å²) in [6, 6.07) is 15.2. The Morgan fingerprint density at radius 2 is 1.75 bits per heavy atom. The monoisotopic (exact) mass is 378 g/mol. The number of rotatable bonds is 6. The Kier molecular flexibility index (Phi) is 6.77. The molecule has 150 valence electrons. The Bertz CT molecular complexity index is 789. The molecule has 0 spiro atoms. The normalized spacial score (nSPS) is 16.1. The molecule has 1 aliphatic rings. The molecule has 0 saturated carbocycles. The zero-order valence-electron chi connectivity index (χ0n) is 17.8. The Hall–Kier alpha value is -2.29. The molecule has 0 bridgehead atoms. The van der Waals surface area contributed by atoms with Gasteiger partial charge in [-0.05, 0) is 80.3 Å². The second-order valence-corrected chi connectivity index (χ2v) is 8.47. The molecule has 3 rings (SSSR count). The molecule has 2 aromatic rings. The molecule has 0 aromatic heterocycles. The number of nitrogens with zero attached hydrogens (tertiary/aromatic N) is 1. The topological polar surface area (TPSA) is 32.3 Å². The lowest BCUT2D eigenvalue weighted by Crippen LogP contribution is -2.32. The van der Waals surface area contributed by atoms with Crippen molar-refractivity contribution in [2.24, 2.45) is 5.92 Å². The van der Waals surface area contributed by atoms with Gasteiger partial charge in [0, 0.05) is 25.2 Å². The highest BCUT2D eigenvalue weighted by Crippen LogP contribution is 2.24. The van der Waals surface area contributed by atoms with Crippen LogP contribution in [0, 0.1) is 19.8 Å². The van der Waals surface area contributed by atoms with Gasteiger partial charge in [0.25, 0.3) is 0 Å². The summed E-state index contributed by atoms with van der Waals surface area (Å²) in [4.78, 5) is 14.8. The van der Waals surface area contributed by atoms with Crippen LogP contribution in [0.1, 0.15) is 61.4 Å². The molecule has 1 N–H and O–H groups in total. The molecule has 1 atom stereocenters. The van der Waals surface area contributed by atoms with E-state index in [-0.39, 0.29) is 11.9 Å². The number of piperidine rings is 1. The maximum absolute atomic E-state index is 12.4. The summed E-state index contributed by atoms with van der Waals surface area (Å²) in [5.74, 6) is 0.953. The quantitative estimate of drug-likeness (QED) is 0.735. The minimum absolute atomic E-state index is 0.0303. The Morgan fingerprint density at radius 3 is 2.39 bits per heavy atom. The lowest BCUT2D eigenvalue weighted by atomic mass is 9.98. The first-order valence-corrected chi connectivity index (χ1v) is 10.6. The number of hydrogen-bond donors (Lipinski definition) is 1. The van der Waals surface area contributed by atoms with Crippen molar-refractivity contribution in [1.82, 2.24) is 5.32 Å². The first-order chi connectivity index (χ1) is 13.4. The summed E-state index contributed by atoms with van der Waals surface area (Å²) in [7, 11) is 0. The third-order valence-corrected chi connectivity index (χ3v) is 6.13. The summed E-state index contributed by atoms with van der Waals surface area (Å²) in [5.41, 5.74) is 6.27. The van der Waals surface area contributed by atoms with Crippen molar-refractivity contribution in [2.45, 2.75) is 59.4 Å². The average molecular weight is 379 g/mol. The molecule has 1 aliphatic heterocycles. The standard InChI is InChI=1S/C25H34N2O/c1-18-13-15-27(16-14-18)24-10-8-23(9-11-24)21(4)26-25(28)12-7-22-6-5-19(2)20(3)17-22/h5-6,8-11,17-18,21H,7,12-16H2,1-4H3,(H,26,28). The van der Waals surface area contributed by atoms with Crippen molar-refractivity contribution in [3.05, 3.63) is 64.7 Å². The van der Waals surface area contributed by atoms with Crippen LogP contribution in [-0.4, -0.2) is 19.0 Å². The number of nitrogens with one attached hydrogen (secondary N) is 1. The molecule has 2 aromatic carbocycles. The van der Waals surface area contributed by atoms with Gasteiger partial charge in [0.05, 0.1) is 6.04 Å². The van der Waals surface area contributed by atoms with Crippen LogP contribution in [0.3, 0.4) is 0 Å². The molecule has 1 fully saturated rings. The molecule has 1 heterocycles. The predicted molar refractivity (Wildman–Crippen MR) is 118 cm³/mol. The molecule has 0 aliphatic carbocycles. The highest BCUT2D eigenvalue weighted by atomic mass is 16.1. The van der Waals surface area contributed by atoms with E-state index in [1.54, 1.807) is 0 Å². The first kappa shape index (κ1) is 20.4. The highest BCUT2D eigenvalue weighted by Gasteiger charge is 2.16. The minimum Gasteiger partial charge on any atom is -0.372 e. The van der Waals surface area contributed by atoms with E-state index in [4.69, 9.17) is 0 Å². The van der Waals surface area contributed by atoms with E-state index in [9.17, 15) is 4.79 Å². The number of amides is 1. The average Bonchev–Trinajstić information content (AvgIpc) is 2.69. The van der Waals surface area contributed by atoms with E-state index in [1.807, 2.05) is 0 Å². The van der Waals surface area contributed by atoms with E-state index >= 15 is 0 Å². The van der Waals surface area contributed by atoms with Crippen LogP contribution in [0.2, 0.25) is 0 Å². The second kappa shape index (κ2) is 9.27. The van der Waals surface area contributed by atoms with Crippen LogP contribution in [0.5, 0.6) is 0 Å². The van der Waals surface area contributed by atoms with Crippen molar-refractivity contribution in [3.63, 3.8) is 0 Å². The Labute approximate surface area is 170 Å². The highest BCUT2D eigenvalue weighted by molar-refractivity contribution is 5.76. The third kappa shape index (κ3) is 5.37. The van der Waals surface area contributed by atoms with E-state index < -0.39 is 0 Å². The number of aryl methyl sites for hydroxylation is 3. The van der Waals surface area contributed by atoms with Crippen molar-refractivity contribution < 1.29 is 4.79 Å². The van der Waals surface area contributed by atoms with Gasteiger partial charge in [0.1, 0.15) is 0 Å². The largest absolute Gasteiger partial charge is 0.372 e. The van der Waals surface area contributed by atoms with Crippen LogP contribution in [0.4, 0.5) is 5.69 Å². The van der Waals surface area contributed by atoms with Crippen LogP contribution >= 0.6 is 0 Å². The Morgan fingerprint density at radius 1 is 1.07 bits per heavy atom. The van der Waals surface area contributed by atoms with Crippen LogP contribution in [0.25, 0.3) is 0 Å². The number of carbonyl (C=O) groups excluding carboxylic acids is 1. The zero-order chi connectivity index (χ0) is 20.1. The van der Waals surface area contributed by atoms with E-state index in [0.29, 0.717) is 6.42 Å². The molecule has 28 heavy (non-hydrogen) atoms. The maximum atomic E-state index is 12.4. The molecule has 1 unspecified atom stereocenters. The minimum atomic E-state index is 0.0303. The smallest absolute Gasteiger partial charge is 0.220 e. The lowest BCUT2D eigenvalue weighted by Gasteiger charge is -2.32. The number of carbonyl (C=O) groups is 1. The van der Waals surface area contributed by atoms with Crippen molar-refractivity contribution >= 4 is 11.6 Å². The van der Waals surface area contributed by atoms with Crippen LogP contribution in [0.15, 0.2) is 42.5 Å².